The van der Waals surface area contributed by atoms with Crippen LogP contribution in [0, 0.1) is 23.7 Å². The first-order valence-electron chi connectivity index (χ1n) is 8.08. The van der Waals surface area contributed by atoms with Crippen LogP contribution in [0.5, 0.6) is 0 Å². The molecule has 0 spiro atoms. The van der Waals surface area contributed by atoms with E-state index in [1.54, 1.807) is 6.42 Å². The molecule has 1 aliphatic heterocycles. The van der Waals surface area contributed by atoms with Gasteiger partial charge in [-0.1, -0.05) is 0 Å². The summed E-state index contributed by atoms with van der Waals surface area (Å²) in [6.45, 7) is 6.85. The molecule has 0 unspecified atom stereocenters. The predicted octanol–water partition coefficient (Wildman–Crippen LogP) is 2.92. The Hall–Kier alpha value is -0.0800. The van der Waals surface area contributed by atoms with Gasteiger partial charge in [0.25, 0.3) is 0 Å². The molecule has 5 rings (SSSR count). The molecule has 102 valence electrons. The Morgan fingerprint density at radius 2 is 1.28 bits per heavy atom. The van der Waals surface area contributed by atoms with Gasteiger partial charge in [0.15, 0.2) is 0 Å². The molecule has 2 atom stereocenters. The second kappa shape index (κ2) is 4.21. The maximum atomic E-state index is 5.92. The summed E-state index contributed by atoms with van der Waals surface area (Å²) in [4.78, 5) is 2.81. The third-order valence-corrected chi connectivity index (χ3v) is 6.05. The molecular weight excluding hydrogens is 222 g/mol. The maximum absolute atomic E-state index is 5.92. The third kappa shape index (κ3) is 1.84. The minimum absolute atomic E-state index is 0.436. The van der Waals surface area contributed by atoms with Crippen molar-refractivity contribution in [1.82, 2.24) is 4.90 Å². The fourth-order valence-corrected chi connectivity index (χ4v) is 5.95. The fourth-order valence-electron chi connectivity index (χ4n) is 5.95. The summed E-state index contributed by atoms with van der Waals surface area (Å²) in [7, 11) is 0. The van der Waals surface area contributed by atoms with Crippen molar-refractivity contribution < 1.29 is 4.74 Å². The highest BCUT2D eigenvalue weighted by molar-refractivity contribution is 5.03. The van der Waals surface area contributed by atoms with E-state index in [-0.39, 0.29) is 0 Å². The van der Waals surface area contributed by atoms with Gasteiger partial charge in [0.2, 0.25) is 0 Å². The summed E-state index contributed by atoms with van der Waals surface area (Å²) in [5.74, 6) is 4.25. The fraction of sp³-hybridized carbons (Fsp3) is 1.00. The lowest BCUT2D eigenvalue weighted by atomic mass is 9.54. The molecule has 0 N–H and O–H groups in total. The highest BCUT2D eigenvalue weighted by atomic mass is 16.5. The normalized spacial score (nSPS) is 56.0. The molecule has 1 saturated heterocycles. The monoisotopic (exact) mass is 249 g/mol. The van der Waals surface area contributed by atoms with E-state index in [4.69, 9.17) is 4.74 Å². The van der Waals surface area contributed by atoms with E-state index in [1.807, 2.05) is 0 Å². The lowest BCUT2D eigenvalue weighted by Crippen LogP contribution is -2.60. The summed E-state index contributed by atoms with van der Waals surface area (Å²) >= 11 is 0. The number of morpholine rings is 1. The molecule has 4 bridgehead atoms. The summed E-state index contributed by atoms with van der Waals surface area (Å²) in [5.41, 5.74) is 0. The Morgan fingerprint density at radius 1 is 0.778 bits per heavy atom. The van der Waals surface area contributed by atoms with Crippen molar-refractivity contribution in [2.45, 2.75) is 64.2 Å². The van der Waals surface area contributed by atoms with Crippen LogP contribution >= 0.6 is 0 Å². The van der Waals surface area contributed by atoms with Gasteiger partial charge in [-0.3, -0.25) is 4.90 Å². The van der Waals surface area contributed by atoms with Crippen LogP contribution in [0.2, 0.25) is 0 Å². The lowest BCUT2D eigenvalue weighted by molar-refractivity contribution is -0.130. The van der Waals surface area contributed by atoms with Crippen LogP contribution < -0.4 is 0 Å². The quantitative estimate of drug-likeness (QED) is 0.708. The molecule has 0 aromatic rings. The van der Waals surface area contributed by atoms with Gasteiger partial charge >= 0.3 is 0 Å². The Kier molecular flexibility index (Phi) is 2.74. The van der Waals surface area contributed by atoms with Gasteiger partial charge in [-0.05, 0) is 69.6 Å². The van der Waals surface area contributed by atoms with Crippen LogP contribution in [-0.4, -0.2) is 36.2 Å². The number of ether oxygens (including phenoxy) is 1. The molecule has 5 fully saturated rings. The second-order valence-electron chi connectivity index (χ2n) is 7.63. The van der Waals surface area contributed by atoms with Gasteiger partial charge in [0.1, 0.15) is 0 Å². The molecule has 0 aromatic heterocycles. The van der Waals surface area contributed by atoms with Crippen molar-refractivity contribution in [3.63, 3.8) is 0 Å². The minimum atomic E-state index is 0.436. The van der Waals surface area contributed by atoms with Gasteiger partial charge in [0, 0.05) is 19.1 Å². The third-order valence-electron chi connectivity index (χ3n) is 6.05. The zero-order valence-corrected chi connectivity index (χ0v) is 11.8. The molecule has 2 nitrogen and oxygen atoms in total. The van der Waals surface area contributed by atoms with Crippen molar-refractivity contribution in [3.05, 3.63) is 0 Å². The first-order valence-corrected chi connectivity index (χ1v) is 8.08. The van der Waals surface area contributed by atoms with Crippen LogP contribution in [-0.2, 0) is 4.74 Å². The van der Waals surface area contributed by atoms with Crippen molar-refractivity contribution in [3.8, 4) is 0 Å². The molecule has 5 aliphatic rings. The Balaban J connectivity index is 1.54. The number of hydrogen-bond acceptors (Lipinski definition) is 2. The lowest BCUT2D eigenvalue weighted by Gasteiger charge is -2.58. The first-order chi connectivity index (χ1) is 8.69. The molecule has 1 heterocycles. The van der Waals surface area contributed by atoms with Gasteiger partial charge in [-0.25, -0.2) is 0 Å². The molecule has 18 heavy (non-hydrogen) atoms. The summed E-state index contributed by atoms with van der Waals surface area (Å²) in [6, 6.07) is 0.909. The zero-order valence-electron chi connectivity index (χ0n) is 11.8. The van der Waals surface area contributed by atoms with E-state index in [2.05, 4.69) is 18.7 Å². The van der Waals surface area contributed by atoms with Crippen molar-refractivity contribution >= 4 is 0 Å². The van der Waals surface area contributed by atoms with Crippen molar-refractivity contribution in [2.24, 2.45) is 23.7 Å². The number of rotatable bonds is 1. The average Bonchev–Trinajstić information content (AvgIpc) is 2.25. The largest absolute Gasteiger partial charge is 0.373 e. The summed E-state index contributed by atoms with van der Waals surface area (Å²) < 4.78 is 5.92. The van der Waals surface area contributed by atoms with Crippen LogP contribution in [0.3, 0.4) is 0 Å². The highest BCUT2D eigenvalue weighted by Crippen LogP contribution is 2.55. The first kappa shape index (κ1) is 11.7. The van der Waals surface area contributed by atoms with E-state index in [9.17, 15) is 0 Å². The minimum Gasteiger partial charge on any atom is -0.373 e. The Labute approximate surface area is 111 Å². The van der Waals surface area contributed by atoms with E-state index in [0.717, 1.165) is 29.7 Å². The molecule has 4 saturated carbocycles. The smallest absolute Gasteiger partial charge is 0.0678 e. The van der Waals surface area contributed by atoms with Crippen LogP contribution in [0.25, 0.3) is 0 Å². The Morgan fingerprint density at radius 3 is 1.78 bits per heavy atom. The second-order valence-corrected chi connectivity index (χ2v) is 7.63. The van der Waals surface area contributed by atoms with Crippen molar-refractivity contribution in [2.75, 3.05) is 13.1 Å². The van der Waals surface area contributed by atoms with Gasteiger partial charge < -0.3 is 4.74 Å². The van der Waals surface area contributed by atoms with Gasteiger partial charge in [-0.15, -0.1) is 0 Å². The molecular formula is C16H27NO. The van der Waals surface area contributed by atoms with Gasteiger partial charge in [0.05, 0.1) is 12.2 Å². The zero-order chi connectivity index (χ0) is 12.3. The molecule has 4 aliphatic carbocycles. The molecule has 2 heteroatoms. The van der Waals surface area contributed by atoms with E-state index in [0.29, 0.717) is 12.2 Å². The van der Waals surface area contributed by atoms with E-state index in [1.165, 1.54) is 38.8 Å². The van der Waals surface area contributed by atoms with E-state index >= 15 is 0 Å². The number of hydrogen-bond donors (Lipinski definition) is 0. The average molecular weight is 249 g/mol. The SMILES string of the molecule is C[C@H]1CN(C2C3CC4CC(C3)CC2C4)C[C@H](C)O1. The van der Waals surface area contributed by atoms with Crippen molar-refractivity contribution in [1.29, 1.82) is 0 Å². The molecule has 0 aromatic carbocycles. The van der Waals surface area contributed by atoms with E-state index < -0.39 is 0 Å². The summed E-state index contributed by atoms with van der Waals surface area (Å²) in [5, 5.41) is 0. The topological polar surface area (TPSA) is 12.5 Å². The maximum Gasteiger partial charge on any atom is 0.0678 e. The van der Waals surface area contributed by atoms with Gasteiger partial charge in [-0.2, -0.15) is 0 Å². The predicted molar refractivity (Wildman–Crippen MR) is 72.4 cm³/mol. The van der Waals surface area contributed by atoms with Crippen LogP contribution in [0.1, 0.15) is 46.0 Å². The van der Waals surface area contributed by atoms with Crippen LogP contribution in [0.15, 0.2) is 0 Å². The molecule has 0 radical (unpaired) electrons. The van der Waals surface area contributed by atoms with Crippen LogP contribution in [0.4, 0.5) is 0 Å². The molecule has 0 amide bonds. The number of nitrogens with zero attached hydrogens (tertiary/aromatic N) is 1. The standard InChI is InChI=1S/C16H27NO/c1-10-8-17(9-11(2)18-10)16-14-4-12-3-13(6-14)7-15(16)5-12/h10-16H,3-9H2,1-2H3/t10-,11-,12?,13?,14?,15?,16?/m0/s1. The Bertz CT molecular complexity index is 291. The highest BCUT2D eigenvalue weighted by Gasteiger charge is 2.50. The summed E-state index contributed by atoms with van der Waals surface area (Å²) in [6.07, 6.45) is 8.60.